The summed E-state index contributed by atoms with van der Waals surface area (Å²) in [6.07, 6.45) is 2.38. The van der Waals surface area contributed by atoms with Crippen molar-refractivity contribution in [3.63, 3.8) is 0 Å². The minimum atomic E-state index is 0.189. The number of nitrogens with two attached hydrogens (primary N) is 1. The van der Waals surface area contributed by atoms with Crippen LogP contribution in [0.15, 0.2) is 54.7 Å². The molecule has 26 heavy (non-hydrogen) atoms. The Balaban J connectivity index is 1.71. The zero-order chi connectivity index (χ0) is 18.4. The Kier molecular flexibility index (Phi) is 5.57. The van der Waals surface area contributed by atoms with Gasteiger partial charge in [-0.3, -0.25) is 0 Å². The fraction of sp³-hybridized carbons (Fsp3) is 0.100. The van der Waals surface area contributed by atoms with Crippen LogP contribution in [0.3, 0.4) is 0 Å². The Morgan fingerprint density at radius 2 is 1.77 bits per heavy atom. The number of halogens is 1. The summed E-state index contributed by atoms with van der Waals surface area (Å²) in [6.45, 7) is 0.650. The third-order valence-electron chi connectivity index (χ3n) is 3.64. The molecule has 2 aromatic carbocycles. The lowest BCUT2D eigenvalue weighted by Crippen LogP contribution is -2.09. The first-order valence-corrected chi connectivity index (χ1v) is 8.40. The van der Waals surface area contributed by atoms with Crippen molar-refractivity contribution in [2.75, 3.05) is 17.6 Å². The van der Waals surface area contributed by atoms with E-state index in [9.17, 15) is 5.11 Å². The molecule has 1 aromatic heterocycles. The standard InChI is InChI=1S/C20H17ClN4O/c21-17-7-2-14(3-8-17)1-6-16-13-24-20(22)25-19(16)23-12-11-15-4-9-18(26)10-5-15/h2-5,7-10,13,26H,11-12H2,(H3,22,23,24,25). The minimum absolute atomic E-state index is 0.189. The first-order valence-electron chi connectivity index (χ1n) is 8.02. The van der Waals surface area contributed by atoms with E-state index in [1.807, 2.05) is 24.3 Å². The number of benzene rings is 2. The maximum Gasteiger partial charge on any atom is 0.222 e. The van der Waals surface area contributed by atoms with E-state index < -0.39 is 0 Å². The predicted molar refractivity (Wildman–Crippen MR) is 104 cm³/mol. The monoisotopic (exact) mass is 364 g/mol. The van der Waals surface area contributed by atoms with Crippen LogP contribution in [-0.2, 0) is 6.42 Å². The van der Waals surface area contributed by atoms with E-state index in [1.54, 1.807) is 30.5 Å². The molecular weight excluding hydrogens is 348 g/mol. The highest BCUT2D eigenvalue weighted by Gasteiger charge is 2.04. The van der Waals surface area contributed by atoms with Crippen molar-refractivity contribution in [3.8, 4) is 17.6 Å². The lowest BCUT2D eigenvalue weighted by atomic mass is 10.1. The molecule has 4 N–H and O–H groups in total. The van der Waals surface area contributed by atoms with E-state index in [4.69, 9.17) is 17.3 Å². The SMILES string of the molecule is Nc1ncc(C#Cc2ccc(Cl)cc2)c(NCCc2ccc(O)cc2)n1. The van der Waals surface area contributed by atoms with Gasteiger partial charge in [-0.15, -0.1) is 0 Å². The Morgan fingerprint density at radius 3 is 2.50 bits per heavy atom. The van der Waals surface area contributed by atoms with Gasteiger partial charge in [0, 0.05) is 17.1 Å². The largest absolute Gasteiger partial charge is 0.508 e. The van der Waals surface area contributed by atoms with Gasteiger partial charge in [0.25, 0.3) is 0 Å². The number of phenolic OH excluding ortho intramolecular Hbond substituents is 1. The average Bonchev–Trinajstić information content (AvgIpc) is 2.64. The summed E-state index contributed by atoms with van der Waals surface area (Å²) in [5, 5.41) is 13.2. The fourth-order valence-corrected chi connectivity index (χ4v) is 2.41. The van der Waals surface area contributed by atoms with Crippen molar-refractivity contribution in [2.45, 2.75) is 6.42 Å². The molecule has 0 saturated heterocycles. The number of nitrogen functional groups attached to an aromatic ring is 1. The van der Waals surface area contributed by atoms with E-state index in [1.165, 1.54) is 0 Å². The molecule has 0 fully saturated rings. The van der Waals surface area contributed by atoms with E-state index >= 15 is 0 Å². The molecule has 0 bridgehead atoms. The van der Waals surface area contributed by atoms with Crippen LogP contribution in [0.1, 0.15) is 16.7 Å². The second-order valence-corrected chi connectivity index (χ2v) is 6.03. The maximum absolute atomic E-state index is 9.33. The topological polar surface area (TPSA) is 84.1 Å². The number of hydrogen-bond acceptors (Lipinski definition) is 5. The molecule has 5 nitrogen and oxygen atoms in total. The first kappa shape index (κ1) is 17.6. The molecule has 0 saturated carbocycles. The number of hydrogen-bond donors (Lipinski definition) is 3. The Morgan fingerprint density at radius 1 is 1.04 bits per heavy atom. The Bertz CT molecular complexity index is 944. The van der Waals surface area contributed by atoms with Crippen molar-refractivity contribution in [1.29, 1.82) is 0 Å². The molecule has 3 aromatic rings. The molecule has 130 valence electrons. The molecule has 0 amide bonds. The normalized spacial score (nSPS) is 10.0. The smallest absolute Gasteiger partial charge is 0.222 e. The van der Waals surface area contributed by atoms with Gasteiger partial charge in [0.1, 0.15) is 11.6 Å². The average molecular weight is 365 g/mol. The molecule has 6 heteroatoms. The molecular formula is C20H17ClN4O. The number of aromatic hydroxyl groups is 1. The van der Waals surface area contributed by atoms with Crippen LogP contribution < -0.4 is 11.1 Å². The molecule has 0 atom stereocenters. The van der Waals surface area contributed by atoms with Crippen molar-refractivity contribution >= 4 is 23.4 Å². The van der Waals surface area contributed by atoms with Crippen molar-refractivity contribution in [1.82, 2.24) is 9.97 Å². The van der Waals surface area contributed by atoms with E-state index in [0.717, 1.165) is 17.5 Å². The number of anilines is 2. The lowest BCUT2D eigenvalue weighted by molar-refractivity contribution is 0.475. The molecule has 0 radical (unpaired) electrons. The maximum atomic E-state index is 9.33. The predicted octanol–water partition coefficient (Wildman–Crippen LogP) is 3.47. The number of nitrogens with one attached hydrogen (secondary N) is 1. The fourth-order valence-electron chi connectivity index (χ4n) is 2.28. The zero-order valence-corrected chi connectivity index (χ0v) is 14.7. The van der Waals surface area contributed by atoms with E-state index in [2.05, 4.69) is 27.1 Å². The van der Waals surface area contributed by atoms with Crippen molar-refractivity contribution in [3.05, 3.63) is 76.4 Å². The van der Waals surface area contributed by atoms with E-state index in [0.29, 0.717) is 22.9 Å². The highest BCUT2D eigenvalue weighted by Crippen LogP contribution is 2.14. The number of nitrogens with zero attached hydrogens (tertiary/aromatic N) is 2. The third kappa shape index (κ3) is 4.88. The molecule has 0 aliphatic carbocycles. The van der Waals surface area contributed by atoms with Crippen LogP contribution in [0.4, 0.5) is 11.8 Å². The summed E-state index contributed by atoms with van der Waals surface area (Å²) in [6, 6.07) is 14.4. The quantitative estimate of drug-likeness (QED) is 0.617. The van der Waals surface area contributed by atoms with Crippen LogP contribution in [-0.4, -0.2) is 21.6 Å². The van der Waals surface area contributed by atoms with Gasteiger partial charge in [-0.05, 0) is 48.4 Å². The van der Waals surface area contributed by atoms with Crippen LogP contribution in [0.25, 0.3) is 0 Å². The van der Waals surface area contributed by atoms with Gasteiger partial charge < -0.3 is 16.2 Å². The summed E-state index contributed by atoms with van der Waals surface area (Å²) in [7, 11) is 0. The zero-order valence-electron chi connectivity index (χ0n) is 13.9. The molecule has 0 aliphatic rings. The Labute approximate surface area is 156 Å². The van der Waals surface area contributed by atoms with Gasteiger partial charge >= 0.3 is 0 Å². The molecule has 0 spiro atoms. The van der Waals surface area contributed by atoms with Gasteiger partial charge in [0.05, 0.1) is 11.8 Å². The number of phenols is 1. The van der Waals surface area contributed by atoms with Crippen molar-refractivity contribution in [2.24, 2.45) is 0 Å². The summed E-state index contributed by atoms with van der Waals surface area (Å²) in [4.78, 5) is 8.25. The molecule has 0 unspecified atom stereocenters. The number of rotatable bonds is 4. The van der Waals surface area contributed by atoms with Gasteiger partial charge in [-0.1, -0.05) is 35.6 Å². The third-order valence-corrected chi connectivity index (χ3v) is 3.89. The van der Waals surface area contributed by atoms with Gasteiger partial charge in [-0.25, -0.2) is 4.98 Å². The van der Waals surface area contributed by atoms with Gasteiger partial charge in [-0.2, -0.15) is 4.98 Å². The minimum Gasteiger partial charge on any atom is -0.508 e. The second-order valence-electron chi connectivity index (χ2n) is 5.59. The van der Waals surface area contributed by atoms with Gasteiger partial charge in [0.15, 0.2) is 0 Å². The first-order chi connectivity index (χ1) is 12.6. The van der Waals surface area contributed by atoms with Crippen LogP contribution in [0.5, 0.6) is 5.75 Å². The van der Waals surface area contributed by atoms with E-state index in [-0.39, 0.29) is 11.7 Å². The highest BCUT2D eigenvalue weighted by molar-refractivity contribution is 6.30. The molecule has 1 heterocycles. The summed E-state index contributed by atoms with van der Waals surface area (Å²) in [5.74, 6) is 7.17. The van der Waals surface area contributed by atoms with Crippen LogP contribution >= 0.6 is 11.6 Å². The lowest BCUT2D eigenvalue weighted by Gasteiger charge is -2.08. The van der Waals surface area contributed by atoms with Crippen LogP contribution in [0.2, 0.25) is 5.02 Å². The summed E-state index contributed by atoms with van der Waals surface area (Å²) >= 11 is 5.88. The summed E-state index contributed by atoms with van der Waals surface area (Å²) in [5.41, 5.74) is 8.32. The van der Waals surface area contributed by atoms with Crippen molar-refractivity contribution < 1.29 is 5.11 Å². The second kappa shape index (κ2) is 8.24. The summed E-state index contributed by atoms with van der Waals surface area (Å²) < 4.78 is 0. The van der Waals surface area contributed by atoms with Crippen LogP contribution in [0, 0.1) is 11.8 Å². The molecule has 3 rings (SSSR count). The Hall–Kier alpha value is -3.23. The highest BCUT2D eigenvalue weighted by atomic mass is 35.5. The number of aromatic nitrogens is 2. The van der Waals surface area contributed by atoms with Gasteiger partial charge in [0.2, 0.25) is 5.95 Å². The molecule has 0 aliphatic heterocycles.